The summed E-state index contributed by atoms with van der Waals surface area (Å²) in [7, 11) is 0. The van der Waals surface area contributed by atoms with E-state index in [2.05, 4.69) is 16.0 Å². The zero-order chi connectivity index (χ0) is 23.6. The summed E-state index contributed by atoms with van der Waals surface area (Å²) in [5.41, 5.74) is 5.41. The van der Waals surface area contributed by atoms with Gasteiger partial charge in [0, 0.05) is 6.42 Å². The van der Waals surface area contributed by atoms with E-state index in [1.54, 1.807) is 13.8 Å². The lowest BCUT2D eigenvalue weighted by atomic mass is 10.0. The molecular weight excluding hydrogens is 404 g/mol. The zero-order valence-corrected chi connectivity index (χ0v) is 16.9. The fourth-order valence-electron chi connectivity index (χ4n) is 2.27. The minimum atomic E-state index is -1.46. The summed E-state index contributed by atoms with van der Waals surface area (Å²) in [6, 6.07) is -5.16. The van der Waals surface area contributed by atoms with E-state index >= 15 is 0 Å². The van der Waals surface area contributed by atoms with Crippen LogP contribution in [0.1, 0.15) is 40.0 Å². The van der Waals surface area contributed by atoms with Crippen molar-refractivity contribution in [3.63, 3.8) is 0 Å². The number of nitrogens with two attached hydrogens (primary N) is 1. The number of hydrogen-bond donors (Lipinski definition) is 7. The molecule has 30 heavy (non-hydrogen) atoms. The molecule has 13 nitrogen and oxygen atoms in total. The minimum Gasteiger partial charge on any atom is -0.481 e. The number of amides is 3. The quantitative estimate of drug-likeness (QED) is 0.167. The van der Waals surface area contributed by atoms with Gasteiger partial charge in [-0.3, -0.25) is 24.0 Å². The van der Waals surface area contributed by atoms with Crippen molar-refractivity contribution in [2.24, 2.45) is 11.7 Å². The smallest absolute Gasteiger partial charge is 0.326 e. The summed E-state index contributed by atoms with van der Waals surface area (Å²) >= 11 is 0. The zero-order valence-electron chi connectivity index (χ0n) is 16.9. The van der Waals surface area contributed by atoms with Gasteiger partial charge in [-0.25, -0.2) is 4.79 Å². The van der Waals surface area contributed by atoms with Gasteiger partial charge < -0.3 is 37.0 Å². The van der Waals surface area contributed by atoms with Gasteiger partial charge in [0.05, 0.1) is 12.5 Å². The van der Waals surface area contributed by atoms with Crippen LogP contribution in [0.5, 0.6) is 0 Å². The highest BCUT2D eigenvalue weighted by Gasteiger charge is 2.30. The van der Waals surface area contributed by atoms with Gasteiger partial charge in [0.2, 0.25) is 17.7 Å². The molecule has 0 aromatic rings. The van der Waals surface area contributed by atoms with Crippen LogP contribution >= 0.6 is 0 Å². The van der Waals surface area contributed by atoms with Gasteiger partial charge in [-0.05, 0) is 19.3 Å². The second kappa shape index (κ2) is 12.4. The van der Waals surface area contributed by atoms with Crippen molar-refractivity contribution in [1.29, 1.82) is 0 Å². The van der Waals surface area contributed by atoms with Crippen LogP contribution in [0.2, 0.25) is 0 Å². The van der Waals surface area contributed by atoms with Crippen LogP contribution in [0.25, 0.3) is 0 Å². The molecular formula is C17H28N4O9. The third-order valence-electron chi connectivity index (χ3n) is 3.99. The molecule has 13 heteroatoms. The number of carbonyl (C=O) groups excluding carboxylic acids is 3. The minimum absolute atomic E-state index is 0.344. The monoisotopic (exact) mass is 432 g/mol. The summed E-state index contributed by atoms with van der Waals surface area (Å²) in [5, 5.41) is 33.3. The molecule has 0 aliphatic rings. The molecule has 8 N–H and O–H groups in total. The van der Waals surface area contributed by atoms with Crippen molar-refractivity contribution in [3.8, 4) is 0 Å². The maximum Gasteiger partial charge on any atom is 0.326 e. The Labute approximate surface area is 172 Å². The van der Waals surface area contributed by atoms with E-state index in [1.165, 1.54) is 6.92 Å². The van der Waals surface area contributed by atoms with Gasteiger partial charge >= 0.3 is 17.9 Å². The van der Waals surface area contributed by atoms with Gasteiger partial charge in [0.1, 0.15) is 18.1 Å². The lowest BCUT2D eigenvalue weighted by Crippen LogP contribution is -2.57. The van der Waals surface area contributed by atoms with E-state index in [-0.39, 0.29) is 6.42 Å². The molecule has 0 aliphatic carbocycles. The largest absolute Gasteiger partial charge is 0.481 e. The molecule has 4 atom stereocenters. The van der Waals surface area contributed by atoms with Gasteiger partial charge in [0.15, 0.2) is 0 Å². The van der Waals surface area contributed by atoms with Crippen molar-refractivity contribution in [3.05, 3.63) is 0 Å². The number of aliphatic carboxylic acids is 3. The van der Waals surface area contributed by atoms with Gasteiger partial charge in [0.25, 0.3) is 0 Å². The molecule has 0 fully saturated rings. The fourth-order valence-corrected chi connectivity index (χ4v) is 2.27. The second-order valence-electron chi connectivity index (χ2n) is 7.00. The molecule has 0 aromatic carbocycles. The Morgan fingerprint density at radius 1 is 0.800 bits per heavy atom. The summed E-state index contributed by atoms with van der Waals surface area (Å²) < 4.78 is 0. The van der Waals surface area contributed by atoms with Crippen LogP contribution in [0.3, 0.4) is 0 Å². The number of hydrogen-bond acceptors (Lipinski definition) is 7. The number of carboxylic acids is 3. The SMILES string of the molecule is CC(NC(=O)C(N)CC(=O)O)C(=O)NC(C(=O)NC(CCC(=O)O)C(=O)O)C(C)C. The van der Waals surface area contributed by atoms with Crippen LogP contribution in [0.4, 0.5) is 0 Å². The number of rotatable bonds is 13. The van der Waals surface area contributed by atoms with Crippen LogP contribution in [-0.2, 0) is 28.8 Å². The molecule has 0 saturated heterocycles. The van der Waals surface area contributed by atoms with E-state index in [4.69, 9.17) is 21.1 Å². The molecule has 0 heterocycles. The molecule has 0 radical (unpaired) electrons. The van der Waals surface area contributed by atoms with Crippen LogP contribution in [0.15, 0.2) is 0 Å². The third-order valence-corrected chi connectivity index (χ3v) is 3.99. The number of carbonyl (C=O) groups is 6. The molecule has 0 spiro atoms. The molecule has 0 rings (SSSR count). The lowest BCUT2D eigenvalue weighted by Gasteiger charge is -2.25. The van der Waals surface area contributed by atoms with E-state index in [0.717, 1.165) is 0 Å². The van der Waals surface area contributed by atoms with Crippen LogP contribution in [0, 0.1) is 5.92 Å². The van der Waals surface area contributed by atoms with Gasteiger partial charge in [-0.2, -0.15) is 0 Å². The van der Waals surface area contributed by atoms with Gasteiger partial charge in [-0.15, -0.1) is 0 Å². The Morgan fingerprint density at radius 2 is 1.37 bits per heavy atom. The summed E-state index contributed by atoms with van der Waals surface area (Å²) in [4.78, 5) is 69.0. The lowest BCUT2D eigenvalue weighted by molar-refractivity contribution is -0.143. The molecule has 0 bridgehead atoms. The van der Waals surface area contributed by atoms with Crippen molar-refractivity contribution in [2.45, 2.75) is 64.2 Å². The Morgan fingerprint density at radius 3 is 1.80 bits per heavy atom. The second-order valence-corrected chi connectivity index (χ2v) is 7.00. The Balaban J connectivity index is 5.03. The molecule has 0 aromatic heterocycles. The summed E-state index contributed by atoms with van der Waals surface area (Å²) in [5.74, 6) is -6.90. The predicted octanol–water partition coefficient (Wildman–Crippen LogP) is -2.13. The third kappa shape index (κ3) is 9.82. The average Bonchev–Trinajstić information content (AvgIpc) is 2.61. The normalized spacial score (nSPS) is 14.7. The Kier molecular flexibility index (Phi) is 11.0. The van der Waals surface area contributed by atoms with E-state index in [1.807, 2.05) is 0 Å². The van der Waals surface area contributed by atoms with E-state index in [9.17, 15) is 28.8 Å². The topological polar surface area (TPSA) is 225 Å². The van der Waals surface area contributed by atoms with Crippen molar-refractivity contribution in [1.82, 2.24) is 16.0 Å². The van der Waals surface area contributed by atoms with E-state index < -0.39 is 78.6 Å². The fraction of sp³-hybridized carbons (Fsp3) is 0.647. The first-order valence-corrected chi connectivity index (χ1v) is 9.09. The van der Waals surface area contributed by atoms with Crippen LogP contribution < -0.4 is 21.7 Å². The number of nitrogens with one attached hydrogen (secondary N) is 3. The maximum atomic E-state index is 12.4. The highest BCUT2D eigenvalue weighted by atomic mass is 16.4. The van der Waals surface area contributed by atoms with Crippen LogP contribution in [-0.4, -0.2) is 75.1 Å². The van der Waals surface area contributed by atoms with E-state index in [0.29, 0.717) is 0 Å². The molecule has 0 saturated carbocycles. The summed E-state index contributed by atoms with van der Waals surface area (Å²) in [6.45, 7) is 4.47. The highest BCUT2D eigenvalue weighted by Crippen LogP contribution is 2.06. The highest BCUT2D eigenvalue weighted by molar-refractivity contribution is 5.94. The molecule has 3 amide bonds. The first kappa shape index (κ1) is 26.8. The predicted molar refractivity (Wildman–Crippen MR) is 101 cm³/mol. The van der Waals surface area contributed by atoms with Crippen molar-refractivity contribution >= 4 is 35.6 Å². The average molecular weight is 432 g/mol. The standard InChI is InChI=1S/C17H28N4O9/c1-7(2)13(16(28)20-10(17(29)30)4-5-11(22)23)21-14(26)8(3)19-15(27)9(18)6-12(24)25/h7-10,13H,4-6,18H2,1-3H3,(H,19,27)(H,20,28)(H,21,26)(H,22,23)(H,24,25)(H,29,30). The van der Waals surface area contributed by atoms with Crippen molar-refractivity contribution in [2.75, 3.05) is 0 Å². The Bertz CT molecular complexity index is 680. The van der Waals surface area contributed by atoms with Crippen molar-refractivity contribution < 1.29 is 44.1 Å². The Hall–Kier alpha value is -3.22. The molecule has 170 valence electrons. The number of carboxylic acid groups (broad SMARTS) is 3. The summed E-state index contributed by atoms with van der Waals surface area (Å²) in [6.07, 6.45) is -1.46. The first-order valence-electron chi connectivity index (χ1n) is 9.09. The molecule has 4 unspecified atom stereocenters. The first-order chi connectivity index (χ1) is 13.8. The molecule has 0 aliphatic heterocycles. The maximum absolute atomic E-state index is 12.4. The van der Waals surface area contributed by atoms with Gasteiger partial charge in [-0.1, -0.05) is 13.8 Å².